The fourth-order valence-corrected chi connectivity index (χ4v) is 3.53. The van der Waals surface area contributed by atoms with E-state index in [1.54, 1.807) is 13.3 Å². The Kier molecular flexibility index (Phi) is 4.43. The third-order valence-corrected chi connectivity index (χ3v) is 4.95. The predicted octanol–water partition coefficient (Wildman–Crippen LogP) is 1.92. The number of piperidine rings is 1. The van der Waals surface area contributed by atoms with Crippen LogP contribution in [0.1, 0.15) is 48.9 Å². The highest BCUT2D eigenvalue weighted by atomic mass is 16.5. The van der Waals surface area contributed by atoms with Crippen LogP contribution in [-0.4, -0.2) is 50.9 Å². The van der Waals surface area contributed by atoms with Crippen molar-refractivity contribution in [3.8, 4) is 5.75 Å². The number of likely N-dealkylation sites (tertiary alicyclic amines) is 1. The second-order valence-corrected chi connectivity index (χ2v) is 7.27. The smallest absolute Gasteiger partial charge is 0.229 e. The zero-order valence-corrected chi connectivity index (χ0v) is 14.5. The first-order valence-corrected chi connectivity index (χ1v) is 8.89. The van der Waals surface area contributed by atoms with E-state index in [-0.39, 0.29) is 0 Å². The maximum absolute atomic E-state index is 11.0. The van der Waals surface area contributed by atoms with Gasteiger partial charge in [0.05, 0.1) is 25.3 Å². The number of hydrogen-bond donors (Lipinski definition) is 1. The number of aliphatic hydroxyl groups is 1. The summed E-state index contributed by atoms with van der Waals surface area (Å²) < 4.78 is 10.6. The lowest BCUT2D eigenvalue weighted by molar-refractivity contribution is -0.0373. The van der Waals surface area contributed by atoms with Gasteiger partial charge in [-0.25, -0.2) is 0 Å². The Morgan fingerprint density at radius 2 is 2.28 bits per heavy atom. The quantitative estimate of drug-likeness (QED) is 0.857. The minimum Gasteiger partial charge on any atom is -0.495 e. The SMILES string of the molecule is COc1cncc(CN2CCCC(O)(Cc3nc(C4CC4)no3)C2)c1. The van der Waals surface area contributed by atoms with E-state index in [9.17, 15) is 5.11 Å². The molecule has 2 fully saturated rings. The molecule has 2 aliphatic rings. The van der Waals surface area contributed by atoms with Crippen molar-refractivity contribution in [3.05, 3.63) is 35.7 Å². The summed E-state index contributed by atoms with van der Waals surface area (Å²) in [6.45, 7) is 2.28. The zero-order valence-electron chi connectivity index (χ0n) is 14.5. The largest absolute Gasteiger partial charge is 0.495 e. The molecule has 25 heavy (non-hydrogen) atoms. The fourth-order valence-electron chi connectivity index (χ4n) is 3.53. The van der Waals surface area contributed by atoms with Crippen LogP contribution in [0.25, 0.3) is 0 Å². The Morgan fingerprint density at radius 1 is 1.40 bits per heavy atom. The summed E-state index contributed by atoms with van der Waals surface area (Å²) >= 11 is 0. The summed E-state index contributed by atoms with van der Waals surface area (Å²) in [6, 6.07) is 1.99. The Labute approximate surface area is 147 Å². The van der Waals surface area contributed by atoms with Crippen molar-refractivity contribution < 1.29 is 14.4 Å². The van der Waals surface area contributed by atoms with E-state index >= 15 is 0 Å². The van der Waals surface area contributed by atoms with Crippen molar-refractivity contribution in [2.24, 2.45) is 0 Å². The molecule has 1 saturated heterocycles. The lowest BCUT2D eigenvalue weighted by Gasteiger charge is -2.38. The van der Waals surface area contributed by atoms with Gasteiger partial charge >= 0.3 is 0 Å². The molecule has 4 rings (SSSR count). The number of hydrogen-bond acceptors (Lipinski definition) is 7. The molecule has 1 aliphatic carbocycles. The minimum atomic E-state index is -0.822. The third kappa shape index (κ3) is 3.99. The van der Waals surface area contributed by atoms with Gasteiger partial charge in [-0.15, -0.1) is 0 Å². The number of ether oxygens (including phenoxy) is 1. The molecular formula is C18H24N4O3. The second kappa shape index (κ2) is 6.72. The van der Waals surface area contributed by atoms with Crippen LogP contribution >= 0.6 is 0 Å². The molecule has 1 unspecified atom stereocenters. The number of rotatable bonds is 6. The molecule has 2 aromatic rings. The van der Waals surface area contributed by atoms with Crippen molar-refractivity contribution in [3.63, 3.8) is 0 Å². The molecule has 1 N–H and O–H groups in total. The topological polar surface area (TPSA) is 84.5 Å². The van der Waals surface area contributed by atoms with Gasteiger partial charge in [-0.05, 0) is 43.9 Å². The van der Waals surface area contributed by atoms with Gasteiger partial charge in [-0.2, -0.15) is 4.98 Å². The van der Waals surface area contributed by atoms with Crippen molar-refractivity contribution in [2.45, 2.75) is 50.2 Å². The van der Waals surface area contributed by atoms with E-state index in [4.69, 9.17) is 9.26 Å². The molecule has 0 amide bonds. The molecule has 1 saturated carbocycles. The molecule has 0 radical (unpaired) electrons. The summed E-state index contributed by atoms with van der Waals surface area (Å²) in [6.07, 6.45) is 7.94. The molecule has 0 spiro atoms. The maximum Gasteiger partial charge on any atom is 0.229 e. The summed E-state index contributed by atoms with van der Waals surface area (Å²) in [7, 11) is 1.64. The number of pyridine rings is 1. The highest BCUT2D eigenvalue weighted by Crippen LogP contribution is 2.38. The van der Waals surface area contributed by atoms with Gasteiger partial charge in [0.1, 0.15) is 5.75 Å². The number of β-amino-alcohol motifs (C(OH)–C–C–N with tert-alkyl or cyclic N) is 1. The second-order valence-electron chi connectivity index (χ2n) is 7.27. The first-order chi connectivity index (χ1) is 12.1. The Hall–Kier alpha value is -1.99. The molecular weight excluding hydrogens is 320 g/mol. The van der Waals surface area contributed by atoms with Crippen molar-refractivity contribution in [2.75, 3.05) is 20.2 Å². The van der Waals surface area contributed by atoms with Crippen LogP contribution in [0.5, 0.6) is 5.75 Å². The normalized spacial score (nSPS) is 24.4. The van der Waals surface area contributed by atoms with Gasteiger partial charge in [0.2, 0.25) is 5.89 Å². The van der Waals surface area contributed by atoms with Crippen LogP contribution in [0, 0.1) is 0 Å². The van der Waals surface area contributed by atoms with Crippen molar-refractivity contribution in [1.29, 1.82) is 0 Å². The molecule has 3 heterocycles. The highest BCUT2D eigenvalue weighted by molar-refractivity contribution is 5.23. The Balaban J connectivity index is 1.40. The van der Waals surface area contributed by atoms with Gasteiger partial charge in [-0.3, -0.25) is 9.88 Å². The van der Waals surface area contributed by atoms with Crippen molar-refractivity contribution in [1.82, 2.24) is 20.0 Å². The molecule has 2 aromatic heterocycles. The van der Waals surface area contributed by atoms with Gasteiger partial charge < -0.3 is 14.4 Å². The van der Waals surface area contributed by atoms with Gasteiger partial charge in [0.15, 0.2) is 5.82 Å². The van der Waals surface area contributed by atoms with Crippen LogP contribution in [0.2, 0.25) is 0 Å². The van der Waals surface area contributed by atoms with Gasteiger partial charge in [0.25, 0.3) is 0 Å². The van der Waals surface area contributed by atoms with Crippen LogP contribution in [0.4, 0.5) is 0 Å². The van der Waals surface area contributed by atoms with Crippen molar-refractivity contribution >= 4 is 0 Å². The fraction of sp³-hybridized carbons (Fsp3) is 0.611. The van der Waals surface area contributed by atoms with Crippen LogP contribution in [0.3, 0.4) is 0 Å². The molecule has 0 aromatic carbocycles. The average Bonchev–Trinajstić information content (AvgIpc) is 3.35. The first-order valence-electron chi connectivity index (χ1n) is 8.89. The van der Waals surface area contributed by atoms with Crippen LogP contribution in [0.15, 0.2) is 23.0 Å². The standard InChI is InChI=1S/C18H24N4O3/c1-24-15-7-13(9-19-10-15)11-22-6-2-5-18(23,12-22)8-16-20-17(21-25-16)14-3-4-14/h7,9-10,14,23H,2-6,8,11-12H2,1H3. The van der Waals surface area contributed by atoms with E-state index in [0.717, 1.165) is 55.9 Å². The summed E-state index contributed by atoms with van der Waals surface area (Å²) in [4.78, 5) is 10.9. The molecule has 1 aliphatic heterocycles. The minimum absolute atomic E-state index is 0.416. The van der Waals surface area contributed by atoms with Gasteiger partial charge in [-0.1, -0.05) is 5.16 Å². The predicted molar refractivity (Wildman–Crippen MR) is 90.2 cm³/mol. The van der Waals surface area contributed by atoms with Crippen LogP contribution in [-0.2, 0) is 13.0 Å². The number of nitrogens with zero attached hydrogens (tertiary/aromatic N) is 4. The van der Waals surface area contributed by atoms with Crippen LogP contribution < -0.4 is 4.74 Å². The zero-order chi connectivity index (χ0) is 17.3. The van der Waals surface area contributed by atoms with Gasteiger partial charge in [0, 0.05) is 25.2 Å². The maximum atomic E-state index is 11.0. The average molecular weight is 344 g/mol. The molecule has 134 valence electrons. The monoisotopic (exact) mass is 344 g/mol. The molecule has 1 atom stereocenters. The summed E-state index contributed by atoms with van der Waals surface area (Å²) in [5.41, 5.74) is 0.259. The lowest BCUT2D eigenvalue weighted by Crippen LogP contribution is -2.49. The Morgan fingerprint density at radius 3 is 3.08 bits per heavy atom. The van der Waals surface area contributed by atoms with E-state index in [2.05, 4.69) is 20.0 Å². The number of aromatic nitrogens is 3. The van der Waals surface area contributed by atoms with E-state index in [1.807, 2.05) is 12.3 Å². The summed E-state index contributed by atoms with van der Waals surface area (Å²) in [5.74, 6) is 2.57. The highest BCUT2D eigenvalue weighted by Gasteiger charge is 2.36. The molecule has 7 heteroatoms. The summed E-state index contributed by atoms with van der Waals surface area (Å²) in [5, 5.41) is 15.1. The first kappa shape index (κ1) is 16.5. The van der Waals surface area contributed by atoms with E-state index in [1.165, 1.54) is 0 Å². The third-order valence-electron chi connectivity index (χ3n) is 4.95. The Bertz CT molecular complexity index is 731. The lowest BCUT2D eigenvalue weighted by atomic mass is 9.89. The van der Waals surface area contributed by atoms with E-state index in [0.29, 0.717) is 24.8 Å². The number of methoxy groups -OCH3 is 1. The molecule has 0 bridgehead atoms. The van der Waals surface area contributed by atoms with E-state index < -0.39 is 5.60 Å². The molecule has 7 nitrogen and oxygen atoms in total.